The minimum Gasteiger partial charge on any atom is -0.490 e. The Morgan fingerprint density at radius 3 is 2.31 bits per heavy atom. The van der Waals surface area contributed by atoms with Crippen LogP contribution in [0.15, 0.2) is 48.5 Å². The summed E-state index contributed by atoms with van der Waals surface area (Å²) in [5, 5.41) is 23.1. The fraction of sp³-hybridized carbons (Fsp3) is 0.463. The zero-order valence-corrected chi connectivity index (χ0v) is 32.5. The van der Waals surface area contributed by atoms with E-state index in [1.165, 1.54) is 6.07 Å². The second kappa shape index (κ2) is 16.3. The first-order valence-electron chi connectivity index (χ1n) is 19.8. The van der Waals surface area contributed by atoms with Gasteiger partial charge in [-0.05, 0) is 86.9 Å². The smallest absolute Gasteiger partial charge is 0.285 e. The monoisotopic (exact) mass is 811 g/mol. The number of aromatic nitrogens is 2. The number of hydrogen-bond donors (Lipinski definition) is 2. The molecule has 1 aliphatic carbocycles. The summed E-state index contributed by atoms with van der Waals surface area (Å²) in [5.41, 5.74) is 1.53. The summed E-state index contributed by atoms with van der Waals surface area (Å²) in [4.78, 5) is 70.4. The highest BCUT2D eigenvalue weighted by Gasteiger charge is 2.56. The topological polar surface area (TPSA) is 181 Å². The molecule has 8 rings (SSSR count). The summed E-state index contributed by atoms with van der Waals surface area (Å²) in [6, 6.07) is 15.6. The van der Waals surface area contributed by atoms with Gasteiger partial charge >= 0.3 is 0 Å². The molecule has 5 heterocycles. The molecule has 3 saturated heterocycles. The maximum atomic E-state index is 15.8. The second-order valence-corrected chi connectivity index (χ2v) is 16.0. The first-order chi connectivity index (χ1) is 28.0. The fourth-order valence-electron chi connectivity index (χ4n) is 8.59. The number of carbonyl (C=O) groups is 5. The van der Waals surface area contributed by atoms with Gasteiger partial charge in [-0.1, -0.05) is 11.6 Å². The first-order valence-corrected chi connectivity index (χ1v) is 20.2. The van der Waals surface area contributed by atoms with Crippen LogP contribution in [0.4, 0.5) is 15.9 Å². The molecule has 302 valence electrons. The van der Waals surface area contributed by atoms with Gasteiger partial charge in [0.1, 0.15) is 11.8 Å². The van der Waals surface area contributed by atoms with Gasteiger partial charge in [-0.25, -0.2) is 9.29 Å². The van der Waals surface area contributed by atoms with Crippen LogP contribution in [0.1, 0.15) is 88.1 Å². The molecule has 4 aliphatic heterocycles. The Balaban J connectivity index is 0.759. The molecule has 5 amide bonds. The molecule has 1 aromatic heterocycles. The van der Waals surface area contributed by atoms with Crippen molar-refractivity contribution >= 4 is 52.6 Å². The summed E-state index contributed by atoms with van der Waals surface area (Å²) in [6.07, 6.45) is 4.22. The number of rotatable bonds is 9. The minimum atomic E-state index is -2.91. The third-order valence-corrected chi connectivity index (χ3v) is 12.3. The van der Waals surface area contributed by atoms with Gasteiger partial charge in [0, 0.05) is 76.5 Å². The number of hydrogen-bond acceptors (Lipinski definition) is 12. The van der Waals surface area contributed by atoms with E-state index in [2.05, 4.69) is 30.2 Å². The third kappa shape index (κ3) is 7.93. The lowest BCUT2D eigenvalue weighted by Crippen LogP contribution is -2.61. The molecular weight excluding hydrogens is 769 g/mol. The van der Waals surface area contributed by atoms with Crippen LogP contribution in [0.5, 0.6) is 5.75 Å². The van der Waals surface area contributed by atoms with Crippen molar-refractivity contribution in [2.75, 3.05) is 55.6 Å². The van der Waals surface area contributed by atoms with E-state index in [0.717, 1.165) is 82.8 Å². The summed E-state index contributed by atoms with van der Waals surface area (Å²) in [6.45, 7) is 5.68. The zero-order chi connectivity index (χ0) is 40.6. The van der Waals surface area contributed by atoms with E-state index < -0.39 is 35.8 Å². The Labute approximate surface area is 339 Å². The number of fused-ring (bicyclic) bond motifs is 1. The van der Waals surface area contributed by atoms with Crippen LogP contribution in [-0.2, 0) is 9.59 Å². The van der Waals surface area contributed by atoms with Crippen molar-refractivity contribution < 1.29 is 33.1 Å². The normalized spacial score (nSPS) is 24.3. The molecule has 1 unspecified atom stereocenters. The fourth-order valence-corrected chi connectivity index (χ4v) is 8.80. The van der Waals surface area contributed by atoms with E-state index in [-0.39, 0.29) is 41.3 Å². The van der Waals surface area contributed by atoms with Crippen LogP contribution in [0.2, 0.25) is 5.02 Å². The van der Waals surface area contributed by atoms with Crippen molar-refractivity contribution in [2.24, 2.45) is 5.92 Å². The van der Waals surface area contributed by atoms with E-state index >= 15 is 4.39 Å². The molecule has 2 N–H and O–H groups in total. The standard InChI is InChI=1S/C41H43ClFN9O6/c42-33-22-30(5-1-26(33)23-44)58-29-6-2-27(3-7-29)45-37(54)34-9-10-35(48-47-34)51-15-12-25(13-16-51)24-49-17-19-50(20-18-49)28-4-8-31-32(21-28)39(56)52(38(31)55)41(43)14-11-36(53)46-40(41)57/h1,4-5,8-10,21-22,25,27,29H,2-3,6-7,11-20,24H2,(H,45,54)(H,46,53,57). The highest BCUT2D eigenvalue weighted by atomic mass is 35.5. The Morgan fingerprint density at radius 2 is 1.64 bits per heavy atom. The molecule has 1 atom stereocenters. The largest absolute Gasteiger partial charge is 0.490 e. The molecule has 15 nitrogen and oxygen atoms in total. The molecule has 1 saturated carbocycles. The summed E-state index contributed by atoms with van der Waals surface area (Å²) in [7, 11) is 0. The molecule has 0 bridgehead atoms. The number of nitrogens with one attached hydrogen (secondary N) is 2. The van der Waals surface area contributed by atoms with Crippen LogP contribution in [0.3, 0.4) is 0 Å². The number of ether oxygens (including phenoxy) is 1. The number of piperidine rings is 2. The molecule has 2 aromatic carbocycles. The molecular formula is C41H43ClFN9O6. The number of benzene rings is 2. The average molecular weight is 812 g/mol. The van der Waals surface area contributed by atoms with Crippen molar-refractivity contribution in [1.82, 2.24) is 30.6 Å². The van der Waals surface area contributed by atoms with Crippen molar-refractivity contribution in [1.29, 1.82) is 5.26 Å². The van der Waals surface area contributed by atoms with Crippen LogP contribution < -0.4 is 25.2 Å². The number of amides is 5. The maximum absolute atomic E-state index is 15.8. The zero-order valence-electron chi connectivity index (χ0n) is 31.8. The Morgan fingerprint density at radius 1 is 0.897 bits per heavy atom. The van der Waals surface area contributed by atoms with Gasteiger partial charge in [-0.15, -0.1) is 10.2 Å². The maximum Gasteiger partial charge on any atom is 0.285 e. The lowest BCUT2D eigenvalue weighted by atomic mass is 9.93. The van der Waals surface area contributed by atoms with E-state index in [1.807, 2.05) is 17.5 Å². The number of imide groups is 2. The molecule has 4 fully saturated rings. The quantitative estimate of drug-likeness (QED) is 0.236. The van der Waals surface area contributed by atoms with E-state index in [4.69, 9.17) is 21.6 Å². The van der Waals surface area contributed by atoms with E-state index in [9.17, 15) is 24.0 Å². The van der Waals surface area contributed by atoms with Gasteiger partial charge in [0.05, 0.1) is 27.8 Å². The molecule has 5 aliphatic rings. The number of nitriles is 1. The number of alkyl halides is 1. The number of carbonyl (C=O) groups excluding carboxylic acids is 5. The van der Waals surface area contributed by atoms with E-state index in [1.54, 1.807) is 36.4 Å². The summed E-state index contributed by atoms with van der Waals surface area (Å²) in [5.74, 6) is -4.96. The summed E-state index contributed by atoms with van der Waals surface area (Å²) >= 11 is 6.14. The highest BCUT2D eigenvalue weighted by Crippen LogP contribution is 2.37. The minimum absolute atomic E-state index is 0.00858. The van der Waals surface area contributed by atoms with E-state index in [0.29, 0.717) is 40.2 Å². The number of piperazine rings is 1. The Hall–Kier alpha value is -5.66. The van der Waals surface area contributed by atoms with Crippen LogP contribution in [0.25, 0.3) is 0 Å². The van der Waals surface area contributed by atoms with Crippen molar-refractivity contribution in [2.45, 2.75) is 69.3 Å². The first kappa shape index (κ1) is 39.2. The van der Waals surface area contributed by atoms with Crippen LogP contribution in [-0.4, -0.2) is 113 Å². The van der Waals surface area contributed by atoms with Crippen LogP contribution >= 0.6 is 11.6 Å². The van der Waals surface area contributed by atoms with Crippen molar-refractivity contribution in [3.05, 3.63) is 75.9 Å². The Kier molecular flexibility index (Phi) is 11.0. The summed E-state index contributed by atoms with van der Waals surface area (Å²) < 4.78 is 21.8. The molecule has 17 heteroatoms. The third-order valence-electron chi connectivity index (χ3n) is 12.0. The van der Waals surface area contributed by atoms with Gasteiger partial charge in [-0.2, -0.15) is 5.26 Å². The average Bonchev–Trinajstić information content (AvgIpc) is 3.49. The SMILES string of the molecule is N#Cc1ccc(OC2CCC(NC(=O)c3ccc(N4CCC(CN5CCN(c6ccc7c(c6)C(=O)N(C6(F)CCC(=O)NC6=O)C7=O)CC5)CC4)nn3)CC2)cc1Cl. The van der Waals surface area contributed by atoms with Crippen molar-refractivity contribution in [3.63, 3.8) is 0 Å². The molecule has 58 heavy (non-hydrogen) atoms. The highest BCUT2D eigenvalue weighted by molar-refractivity contribution is 6.31. The lowest BCUT2D eigenvalue weighted by Gasteiger charge is -2.39. The predicted octanol–water partition coefficient (Wildman–Crippen LogP) is 3.86. The lowest BCUT2D eigenvalue weighted by molar-refractivity contribution is -0.151. The van der Waals surface area contributed by atoms with Gasteiger partial charge < -0.3 is 19.9 Å². The molecule has 0 radical (unpaired) electrons. The van der Waals surface area contributed by atoms with Crippen molar-refractivity contribution in [3.8, 4) is 11.8 Å². The van der Waals surface area contributed by atoms with Gasteiger partial charge in [-0.3, -0.25) is 34.2 Å². The Bertz CT molecular complexity index is 2160. The molecule has 3 aromatic rings. The number of anilines is 2. The second-order valence-electron chi connectivity index (χ2n) is 15.6. The van der Waals surface area contributed by atoms with Gasteiger partial charge in [0.2, 0.25) is 5.91 Å². The predicted molar refractivity (Wildman–Crippen MR) is 209 cm³/mol. The van der Waals surface area contributed by atoms with Gasteiger partial charge in [0.15, 0.2) is 11.5 Å². The number of nitrogens with zero attached hydrogens (tertiary/aromatic N) is 7. The molecule has 0 spiro atoms. The number of halogens is 2. The van der Waals surface area contributed by atoms with Crippen LogP contribution in [0, 0.1) is 17.2 Å². The van der Waals surface area contributed by atoms with Gasteiger partial charge in [0.25, 0.3) is 29.4 Å².